The van der Waals surface area contributed by atoms with Crippen molar-refractivity contribution in [2.45, 2.75) is 12.8 Å². The van der Waals surface area contributed by atoms with Crippen molar-refractivity contribution in [1.29, 1.82) is 0 Å². The quantitative estimate of drug-likeness (QED) is 0.845. The van der Waals surface area contributed by atoms with E-state index in [0.29, 0.717) is 17.5 Å². The summed E-state index contributed by atoms with van der Waals surface area (Å²) in [6, 6.07) is 0. The van der Waals surface area contributed by atoms with Crippen molar-refractivity contribution < 1.29 is 4.79 Å². The number of likely N-dealkylation sites (tertiary alicyclic amines) is 1. The van der Waals surface area contributed by atoms with Crippen LogP contribution in [0.25, 0.3) is 0 Å². The van der Waals surface area contributed by atoms with Crippen LogP contribution in [-0.4, -0.2) is 41.8 Å². The van der Waals surface area contributed by atoms with E-state index in [9.17, 15) is 4.79 Å². The van der Waals surface area contributed by atoms with Crippen molar-refractivity contribution in [2.24, 2.45) is 11.7 Å². The highest BCUT2D eigenvalue weighted by Gasteiger charge is 2.20. The van der Waals surface area contributed by atoms with Gasteiger partial charge in [0.1, 0.15) is 0 Å². The molecule has 0 spiro atoms. The molecule has 2 heterocycles. The summed E-state index contributed by atoms with van der Waals surface area (Å²) in [7, 11) is 0. The molecule has 0 unspecified atom stereocenters. The van der Waals surface area contributed by atoms with Gasteiger partial charge in [0.15, 0.2) is 5.01 Å². The van der Waals surface area contributed by atoms with Gasteiger partial charge in [-0.25, -0.2) is 4.98 Å². The Labute approximate surface area is 112 Å². The third kappa shape index (κ3) is 4.03. The van der Waals surface area contributed by atoms with Gasteiger partial charge >= 0.3 is 0 Å². The molecule has 0 bridgehead atoms. The van der Waals surface area contributed by atoms with Gasteiger partial charge in [-0.05, 0) is 38.4 Å². The lowest BCUT2D eigenvalue weighted by atomic mass is 9.97. The molecule has 1 fully saturated rings. The number of carbonyl (C=O) groups excluding carboxylic acids is 1. The minimum absolute atomic E-state index is 0. The second-order valence-electron chi connectivity index (χ2n) is 4.22. The molecular formula is C11H18ClN3OS. The third-order valence-electron chi connectivity index (χ3n) is 3.08. The normalized spacial score (nSPS) is 17.7. The van der Waals surface area contributed by atoms with E-state index in [1.807, 2.05) is 5.38 Å². The molecule has 0 amide bonds. The molecular weight excluding hydrogens is 258 g/mol. The topological polar surface area (TPSA) is 59.2 Å². The van der Waals surface area contributed by atoms with Gasteiger partial charge in [0.05, 0.1) is 6.54 Å². The van der Waals surface area contributed by atoms with Crippen LogP contribution in [-0.2, 0) is 0 Å². The first-order chi connectivity index (χ1) is 7.79. The molecule has 0 saturated carbocycles. The fourth-order valence-corrected chi connectivity index (χ4v) is 2.58. The largest absolute Gasteiger partial charge is 0.330 e. The van der Waals surface area contributed by atoms with Crippen molar-refractivity contribution in [3.63, 3.8) is 0 Å². The maximum atomic E-state index is 11.8. The van der Waals surface area contributed by atoms with Crippen LogP contribution in [0.4, 0.5) is 0 Å². The Morgan fingerprint density at radius 1 is 1.53 bits per heavy atom. The Morgan fingerprint density at radius 3 is 2.76 bits per heavy atom. The number of ketones is 1. The lowest BCUT2D eigenvalue weighted by Crippen LogP contribution is -2.39. The van der Waals surface area contributed by atoms with Crippen molar-refractivity contribution in [1.82, 2.24) is 9.88 Å². The summed E-state index contributed by atoms with van der Waals surface area (Å²) in [5.41, 5.74) is 5.63. The fourth-order valence-electron chi connectivity index (χ4n) is 2.01. The standard InChI is InChI=1S/C11H17N3OS.ClH/c12-7-9-1-4-14(5-2-9)8-10(15)11-13-3-6-16-11;/h3,6,9H,1-2,4-5,7-8,12H2;1H. The van der Waals surface area contributed by atoms with Crippen molar-refractivity contribution in [3.05, 3.63) is 16.6 Å². The van der Waals surface area contributed by atoms with Crippen LogP contribution in [0.2, 0.25) is 0 Å². The molecule has 4 nitrogen and oxygen atoms in total. The summed E-state index contributed by atoms with van der Waals surface area (Å²) in [6.07, 6.45) is 3.90. The summed E-state index contributed by atoms with van der Waals surface area (Å²) in [6.45, 7) is 3.25. The first-order valence-electron chi connectivity index (χ1n) is 5.64. The molecule has 2 rings (SSSR count). The van der Waals surface area contributed by atoms with Crippen LogP contribution >= 0.6 is 23.7 Å². The highest BCUT2D eigenvalue weighted by Crippen LogP contribution is 2.16. The van der Waals surface area contributed by atoms with E-state index in [2.05, 4.69) is 9.88 Å². The van der Waals surface area contributed by atoms with Gasteiger partial charge in [0, 0.05) is 11.6 Å². The Balaban J connectivity index is 0.00000144. The second-order valence-corrected chi connectivity index (χ2v) is 5.11. The number of aromatic nitrogens is 1. The molecule has 1 aromatic heterocycles. The summed E-state index contributed by atoms with van der Waals surface area (Å²) in [5.74, 6) is 0.785. The highest BCUT2D eigenvalue weighted by atomic mass is 35.5. The fraction of sp³-hybridized carbons (Fsp3) is 0.636. The monoisotopic (exact) mass is 275 g/mol. The Hall–Kier alpha value is -0.490. The Kier molecular flexibility index (Phi) is 6.05. The summed E-state index contributed by atoms with van der Waals surface area (Å²) in [5, 5.41) is 2.47. The molecule has 1 aliphatic rings. The van der Waals surface area contributed by atoms with Crippen molar-refractivity contribution >= 4 is 29.5 Å². The van der Waals surface area contributed by atoms with E-state index >= 15 is 0 Å². The SMILES string of the molecule is Cl.NCC1CCN(CC(=O)c2nccs2)CC1. The molecule has 1 aliphatic heterocycles. The number of halogens is 1. The van der Waals surface area contributed by atoms with Gasteiger partial charge in [-0.2, -0.15) is 0 Å². The number of thiazole rings is 1. The predicted molar refractivity (Wildman–Crippen MR) is 71.9 cm³/mol. The number of rotatable bonds is 4. The average molecular weight is 276 g/mol. The van der Waals surface area contributed by atoms with Crippen LogP contribution in [0.1, 0.15) is 22.6 Å². The molecule has 17 heavy (non-hydrogen) atoms. The number of carbonyl (C=O) groups is 1. The minimum atomic E-state index is 0. The van der Waals surface area contributed by atoms with Crippen molar-refractivity contribution in [3.8, 4) is 0 Å². The lowest BCUT2D eigenvalue weighted by molar-refractivity contribution is 0.0897. The van der Waals surface area contributed by atoms with Crippen LogP contribution in [0, 0.1) is 5.92 Å². The van der Waals surface area contributed by atoms with Gasteiger partial charge < -0.3 is 5.73 Å². The van der Waals surface area contributed by atoms with Gasteiger partial charge in [0.25, 0.3) is 0 Å². The molecule has 0 aromatic carbocycles. The highest BCUT2D eigenvalue weighted by molar-refractivity contribution is 7.11. The van der Waals surface area contributed by atoms with Crippen LogP contribution < -0.4 is 5.73 Å². The third-order valence-corrected chi connectivity index (χ3v) is 3.89. The molecule has 6 heteroatoms. The maximum Gasteiger partial charge on any atom is 0.205 e. The van der Waals surface area contributed by atoms with Gasteiger partial charge in [-0.15, -0.1) is 23.7 Å². The van der Waals surface area contributed by atoms with E-state index in [1.54, 1.807) is 6.20 Å². The molecule has 2 N–H and O–H groups in total. The zero-order valence-electron chi connectivity index (χ0n) is 9.67. The number of hydrogen-bond donors (Lipinski definition) is 1. The molecule has 0 radical (unpaired) electrons. The van der Waals surface area contributed by atoms with Crippen LogP contribution in [0.3, 0.4) is 0 Å². The molecule has 96 valence electrons. The molecule has 0 aliphatic carbocycles. The van der Waals surface area contributed by atoms with E-state index in [4.69, 9.17) is 5.73 Å². The lowest BCUT2D eigenvalue weighted by Gasteiger charge is -2.30. The zero-order valence-corrected chi connectivity index (χ0v) is 11.3. The maximum absolute atomic E-state index is 11.8. The molecule has 1 saturated heterocycles. The zero-order chi connectivity index (χ0) is 11.4. The van der Waals surface area contributed by atoms with Gasteiger partial charge in [-0.1, -0.05) is 0 Å². The molecule has 1 aromatic rings. The number of piperidine rings is 1. The predicted octanol–water partition coefficient (Wildman–Crippen LogP) is 1.42. The first kappa shape index (κ1) is 14.6. The number of Topliss-reactive ketones (excluding diaryl/α,β-unsaturated/α-hetero) is 1. The summed E-state index contributed by atoms with van der Waals surface area (Å²) in [4.78, 5) is 18.0. The van der Waals surface area contributed by atoms with E-state index in [1.165, 1.54) is 11.3 Å². The Bertz CT molecular complexity index is 336. The van der Waals surface area contributed by atoms with Crippen LogP contribution in [0.15, 0.2) is 11.6 Å². The van der Waals surface area contributed by atoms with E-state index < -0.39 is 0 Å². The first-order valence-corrected chi connectivity index (χ1v) is 6.52. The minimum Gasteiger partial charge on any atom is -0.330 e. The number of hydrogen-bond acceptors (Lipinski definition) is 5. The van der Waals surface area contributed by atoms with Gasteiger partial charge in [0.2, 0.25) is 5.78 Å². The van der Waals surface area contributed by atoms with Crippen molar-refractivity contribution in [2.75, 3.05) is 26.2 Å². The summed E-state index contributed by atoms with van der Waals surface area (Å²) >= 11 is 1.42. The number of nitrogens with zero attached hydrogens (tertiary/aromatic N) is 2. The van der Waals surface area contributed by atoms with Crippen LogP contribution in [0.5, 0.6) is 0 Å². The van der Waals surface area contributed by atoms with Gasteiger partial charge in [-0.3, -0.25) is 9.69 Å². The van der Waals surface area contributed by atoms with E-state index in [-0.39, 0.29) is 18.2 Å². The Morgan fingerprint density at radius 2 is 2.24 bits per heavy atom. The summed E-state index contributed by atoms with van der Waals surface area (Å²) < 4.78 is 0. The second kappa shape index (κ2) is 7.06. The smallest absolute Gasteiger partial charge is 0.205 e. The van der Waals surface area contributed by atoms with E-state index in [0.717, 1.165) is 32.5 Å². The number of nitrogens with two attached hydrogens (primary N) is 1. The average Bonchev–Trinajstić information content (AvgIpc) is 2.83. The molecule has 0 atom stereocenters.